The normalized spacial score (nSPS) is 24.3. The molecule has 5 rings (SSSR count). The molecule has 0 spiro atoms. The van der Waals surface area contributed by atoms with E-state index in [1.54, 1.807) is 0 Å². The minimum atomic E-state index is -1.10. The van der Waals surface area contributed by atoms with Crippen molar-refractivity contribution in [2.45, 2.75) is 73.3 Å². The van der Waals surface area contributed by atoms with Crippen molar-refractivity contribution in [1.29, 1.82) is 0 Å². The molecule has 0 aliphatic carbocycles. The van der Waals surface area contributed by atoms with Gasteiger partial charge >= 0.3 is 26.4 Å². The van der Waals surface area contributed by atoms with Crippen molar-refractivity contribution < 1.29 is 55.2 Å². The van der Waals surface area contributed by atoms with E-state index >= 15 is 0 Å². The minimum Gasteiger partial charge on any atom is -0.875 e. The van der Waals surface area contributed by atoms with Gasteiger partial charge in [-0.05, 0) is 67.5 Å². The fourth-order valence-electron chi connectivity index (χ4n) is 7.98. The SMILES string of the molecule is CC[C@H]1C2=CC3=NC(=C(CC(=O)OC)C4=NC(=CC5=C(C)/C(=C(/C)[O-])C(=N5)C=C(N2)[C@@H]1C)[C@@H](C)[C@@H]4CCC(=O)NCC(O)CO)C(C([O-])=NCCNCCN)=C3C.[Pd+2]. The van der Waals surface area contributed by atoms with E-state index in [2.05, 4.69) is 34.8 Å². The van der Waals surface area contributed by atoms with E-state index in [1.807, 2.05) is 39.0 Å². The van der Waals surface area contributed by atoms with Gasteiger partial charge in [-0.2, -0.15) is 0 Å². The summed E-state index contributed by atoms with van der Waals surface area (Å²) in [7, 11) is 1.29. The molecule has 0 aromatic carbocycles. The first-order valence-electron chi connectivity index (χ1n) is 19.7. The Labute approximate surface area is 354 Å². The second-order valence-electron chi connectivity index (χ2n) is 15.0. The van der Waals surface area contributed by atoms with E-state index < -0.39 is 30.5 Å². The number of esters is 1. The van der Waals surface area contributed by atoms with Crippen molar-refractivity contribution in [3.8, 4) is 0 Å². The van der Waals surface area contributed by atoms with Gasteiger partial charge in [0, 0.05) is 84.5 Å². The molecule has 5 aliphatic rings. The summed E-state index contributed by atoms with van der Waals surface area (Å²) in [4.78, 5) is 46.0. The molecule has 316 valence electrons. The summed E-state index contributed by atoms with van der Waals surface area (Å²) in [6.07, 6.45) is 5.49. The van der Waals surface area contributed by atoms with Crippen molar-refractivity contribution in [1.82, 2.24) is 16.0 Å². The van der Waals surface area contributed by atoms with Gasteiger partial charge in [0.15, 0.2) is 0 Å². The van der Waals surface area contributed by atoms with Gasteiger partial charge in [0.05, 0.1) is 61.3 Å². The molecule has 1 amide bonds. The maximum absolute atomic E-state index is 14.2. The number of rotatable bonds is 15. The number of aliphatic hydroxyl groups excluding tert-OH is 2. The topological polar surface area (TPSA) is 242 Å². The van der Waals surface area contributed by atoms with Crippen LogP contribution in [0.1, 0.15) is 67.2 Å². The zero-order valence-electron chi connectivity index (χ0n) is 34.3. The Morgan fingerprint density at radius 2 is 1.76 bits per heavy atom. The van der Waals surface area contributed by atoms with Crippen LogP contribution >= 0.6 is 0 Å². The number of nitrogens with zero attached hydrogens (tertiary/aromatic N) is 4. The summed E-state index contributed by atoms with van der Waals surface area (Å²) < 4.78 is 5.19. The first-order valence-corrected chi connectivity index (χ1v) is 19.7. The molecular formula is C42H56N8O7Pd. The van der Waals surface area contributed by atoms with Gasteiger partial charge in [0.1, 0.15) is 0 Å². The molecule has 7 N–H and O–H groups in total. The van der Waals surface area contributed by atoms with Crippen LogP contribution in [0.25, 0.3) is 0 Å². The fourth-order valence-corrected chi connectivity index (χ4v) is 7.98. The number of allylic oxidation sites excluding steroid dienone is 10. The smallest absolute Gasteiger partial charge is 0.875 e. The van der Waals surface area contributed by atoms with Crippen LogP contribution in [0.5, 0.6) is 0 Å². The van der Waals surface area contributed by atoms with Gasteiger partial charge < -0.3 is 46.8 Å². The van der Waals surface area contributed by atoms with Crippen LogP contribution in [0.15, 0.2) is 100 Å². The molecule has 0 aromatic rings. The third-order valence-corrected chi connectivity index (χ3v) is 11.2. The summed E-state index contributed by atoms with van der Waals surface area (Å²) in [5, 5.41) is 55.8. The molecule has 16 heteroatoms. The van der Waals surface area contributed by atoms with Gasteiger partial charge in [-0.3, -0.25) is 19.6 Å². The van der Waals surface area contributed by atoms with Crippen LogP contribution in [0.2, 0.25) is 0 Å². The number of ether oxygens (including phenoxy) is 1. The van der Waals surface area contributed by atoms with E-state index in [4.69, 9.17) is 25.4 Å². The van der Waals surface area contributed by atoms with E-state index in [1.165, 1.54) is 14.0 Å². The second-order valence-corrected chi connectivity index (χ2v) is 15.0. The fraction of sp³-hybridized carbons (Fsp3) is 0.524. The Kier molecular flexibility index (Phi) is 16.5. The Bertz CT molecular complexity index is 2000. The first-order chi connectivity index (χ1) is 27.2. The van der Waals surface area contributed by atoms with Gasteiger partial charge in [-0.25, -0.2) is 9.98 Å². The average molecular weight is 891 g/mol. The number of methoxy groups -OCH3 is 1. The van der Waals surface area contributed by atoms with Crippen LogP contribution in [0.3, 0.4) is 0 Å². The van der Waals surface area contributed by atoms with Crippen molar-refractivity contribution in [3.63, 3.8) is 0 Å². The van der Waals surface area contributed by atoms with E-state index in [-0.39, 0.29) is 93.5 Å². The summed E-state index contributed by atoms with van der Waals surface area (Å²) in [5.74, 6) is -2.14. The molecule has 1 fully saturated rings. The summed E-state index contributed by atoms with van der Waals surface area (Å²) in [6, 6.07) is 0. The van der Waals surface area contributed by atoms with Gasteiger partial charge in [0.25, 0.3) is 0 Å². The van der Waals surface area contributed by atoms with E-state index in [0.29, 0.717) is 70.5 Å². The Morgan fingerprint density at radius 1 is 1.03 bits per heavy atom. The maximum atomic E-state index is 14.2. The van der Waals surface area contributed by atoms with Crippen molar-refractivity contribution in [2.75, 3.05) is 46.4 Å². The number of aliphatic hydroxyl groups is 2. The molecule has 1 unspecified atom stereocenters. The first kappa shape index (κ1) is 46.4. The van der Waals surface area contributed by atoms with E-state index in [0.717, 1.165) is 17.8 Å². The zero-order valence-corrected chi connectivity index (χ0v) is 35.9. The van der Waals surface area contributed by atoms with E-state index in [9.17, 15) is 30.0 Å². The van der Waals surface area contributed by atoms with Gasteiger partial charge in [-0.15, -0.1) is 5.76 Å². The molecule has 5 heterocycles. The van der Waals surface area contributed by atoms with Gasteiger partial charge in [-0.1, -0.05) is 27.7 Å². The maximum Gasteiger partial charge on any atom is 2.00 e. The predicted molar refractivity (Wildman–Crippen MR) is 217 cm³/mol. The second kappa shape index (κ2) is 20.6. The predicted octanol–water partition coefficient (Wildman–Crippen LogP) is 1.13. The van der Waals surface area contributed by atoms with Crippen LogP contribution in [0.4, 0.5) is 0 Å². The number of nitrogens with two attached hydrogens (primary N) is 1. The molecular weight excluding hydrogens is 835 g/mol. The number of aliphatic imine (C=N–C) groups is 4. The molecule has 0 aromatic heterocycles. The number of carbonyl (C=O) groups excluding carboxylic acids is 2. The number of hydrogen-bond donors (Lipinski definition) is 6. The van der Waals surface area contributed by atoms with Gasteiger partial charge in [0.2, 0.25) is 5.91 Å². The molecule has 8 bridgehead atoms. The zero-order chi connectivity index (χ0) is 41.6. The van der Waals surface area contributed by atoms with Crippen molar-refractivity contribution in [2.24, 2.45) is 49.4 Å². The number of fused-ring (bicyclic) bond motifs is 5. The molecule has 5 atom stereocenters. The molecule has 58 heavy (non-hydrogen) atoms. The molecule has 15 nitrogen and oxygen atoms in total. The van der Waals surface area contributed by atoms with Crippen LogP contribution in [-0.4, -0.2) is 97.7 Å². The Morgan fingerprint density at radius 3 is 2.41 bits per heavy atom. The standard InChI is InChI=1S/C42H58N8O7.Pd/c1-8-27-21(2)30-18-35-38(25(6)52)23(4)32(48-35)16-31-22(3)28(9-10-36(54)46-19-26(53)20-51)40(49-31)29(15-37(55)57-7)41-39(42(56)45-14-13-44-12-11-43)24(5)33(50-41)17-34(27)47-30;/h16-18,21-22,26-28,44,47,51-53H,8-15,19-20,43H2,1-7H3,(H,45,56)(H,46,54);/q;+2/p-2/b30-18?,31-16?,34-17?,38-25+,41-29?;/t21-,22+,26?,27-,28+;/m1./s1. The summed E-state index contributed by atoms with van der Waals surface area (Å²) in [6.45, 7) is 12.5. The monoisotopic (exact) mass is 890 g/mol. The summed E-state index contributed by atoms with van der Waals surface area (Å²) >= 11 is 0. The van der Waals surface area contributed by atoms with Crippen LogP contribution in [-0.2, 0) is 34.7 Å². The largest absolute Gasteiger partial charge is 2.00 e. The van der Waals surface area contributed by atoms with Crippen LogP contribution in [0, 0.1) is 23.7 Å². The molecule has 1 saturated heterocycles. The molecule has 5 aliphatic heterocycles. The Balaban J connectivity index is 0.00000744. The molecule has 0 radical (unpaired) electrons. The number of amides is 1. The number of hydrogen-bond acceptors (Lipinski definition) is 14. The number of nitrogens with one attached hydrogen (secondary N) is 3. The quantitative estimate of drug-likeness (QED) is 0.0342. The van der Waals surface area contributed by atoms with Crippen molar-refractivity contribution >= 4 is 34.9 Å². The third kappa shape index (κ3) is 10.1. The third-order valence-electron chi connectivity index (χ3n) is 11.2. The van der Waals surface area contributed by atoms with Crippen molar-refractivity contribution in [3.05, 3.63) is 80.3 Å². The number of carbonyl (C=O) groups is 2. The molecule has 0 saturated carbocycles. The van der Waals surface area contributed by atoms with Crippen LogP contribution < -0.4 is 31.9 Å². The summed E-state index contributed by atoms with van der Waals surface area (Å²) in [5.41, 5.74) is 12.9. The average Bonchev–Trinajstić information content (AvgIpc) is 3.87. The minimum absolute atomic E-state index is 0. The Hall–Kier alpha value is -4.30.